The van der Waals surface area contributed by atoms with Gasteiger partial charge in [-0.3, -0.25) is 14.0 Å². The summed E-state index contributed by atoms with van der Waals surface area (Å²) in [4.78, 5) is 34.9. The van der Waals surface area contributed by atoms with E-state index in [9.17, 15) is 23.7 Å². The van der Waals surface area contributed by atoms with E-state index in [0.717, 1.165) is 0 Å². The Morgan fingerprint density at radius 1 is 0.935 bits per heavy atom. The van der Waals surface area contributed by atoms with E-state index in [1.807, 2.05) is 0 Å². The zero-order chi connectivity index (χ0) is 23.3. The molecule has 0 aliphatic heterocycles. The Labute approximate surface area is 183 Å². The Kier molecular flexibility index (Phi) is 8.21. The molecule has 2 N–H and O–H groups in total. The Morgan fingerprint density at radius 3 is 1.68 bits per heavy atom. The fraction of sp³-hybridized carbons (Fsp3) is 0.318. The SMILES string of the molecule is C=C(C)C(=O)OCC(C)(C)N(CP(=O)(O)c1ccccc1)CP(=O)(O)c1ccccc1. The van der Waals surface area contributed by atoms with Crippen molar-refractivity contribution < 1.29 is 28.4 Å². The van der Waals surface area contributed by atoms with Crippen molar-refractivity contribution in [2.24, 2.45) is 0 Å². The Bertz CT molecular complexity index is 946. The van der Waals surface area contributed by atoms with E-state index in [-0.39, 0.29) is 35.4 Å². The van der Waals surface area contributed by atoms with Crippen molar-refractivity contribution in [1.82, 2.24) is 4.90 Å². The Hall–Kier alpha value is -2.01. The summed E-state index contributed by atoms with van der Waals surface area (Å²) in [6.07, 6.45) is -0.766. The first-order valence-corrected chi connectivity index (χ1v) is 13.4. The standard InChI is InChI=1S/C22H29NO6P2/c1-18(2)21(24)29-15-22(3,4)23(16-30(25,26)19-11-7-5-8-12-19)17-31(27,28)20-13-9-6-10-14-20/h5-14H,1,15-17H2,2-4H3,(H,25,26)(H,27,28). The average molecular weight is 465 g/mol. The van der Waals surface area contributed by atoms with Gasteiger partial charge in [-0.1, -0.05) is 43.0 Å². The molecule has 9 heteroatoms. The normalized spacial score (nSPS) is 15.7. The summed E-state index contributed by atoms with van der Waals surface area (Å²) < 4.78 is 31.6. The minimum atomic E-state index is -3.91. The van der Waals surface area contributed by atoms with E-state index < -0.39 is 26.2 Å². The molecule has 0 bridgehead atoms. The summed E-state index contributed by atoms with van der Waals surface area (Å²) in [7, 11) is -7.81. The van der Waals surface area contributed by atoms with Crippen LogP contribution in [0.1, 0.15) is 20.8 Å². The summed E-state index contributed by atoms with van der Waals surface area (Å²) in [5.74, 6) is -0.599. The molecule has 0 saturated heterocycles. The molecule has 0 fully saturated rings. The lowest BCUT2D eigenvalue weighted by Crippen LogP contribution is -2.49. The number of hydrogen-bond donors (Lipinski definition) is 2. The molecule has 2 rings (SSSR count). The molecular weight excluding hydrogens is 436 g/mol. The third-order valence-corrected chi connectivity index (χ3v) is 8.46. The number of ether oxygens (including phenoxy) is 1. The monoisotopic (exact) mass is 465 g/mol. The fourth-order valence-electron chi connectivity index (χ4n) is 2.83. The molecule has 0 aliphatic carbocycles. The van der Waals surface area contributed by atoms with Gasteiger partial charge in [0.15, 0.2) is 0 Å². The number of benzene rings is 2. The van der Waals surface area contributed by atoms with Gasteiger partial charge in [-0.05, 0) is 45.0 Å². The number of nitrogens with zero attached hydrogens (tertiary/aromatic N) is 1. The summed E-state index contributed by atoms with van der Waals surface area (Å²) in [6, 6.07) is 16.3. The van der Waals surface area contributed by atoms with E-state index in [1.165, 1.54) is 11.8 Å². The number of hydrogen-bond acceptors (Lipinski definition) is 5. The minimum absolute atomic E-state index is 0.151. The van der Waals surface area contributed by atoms with Crippen LogP contribution >= 0.6 is 14.7 Å². The second-order valence-corrected chi connectivity index (χ2v) is 12.5. The molecule has 2 unspecified atom stereocenters. The van der Waals surface area contributed by atoms with Crippen molar-refractivity contribution in [2.75, 3.05) is 19.2 Å². The average Bonchev–Trinajstić information content (AvgIpc) is 2.72. The van der Waals surface area contributed by atoms with Gasteiger partial charge in [0.1, 0.15) is 6.61 Å². The maximum atomic E-state index is 13.2. The van der Waals surface area contributed by atoms with Crippen molar-refractivity contribution in [3.05, 3.63) is 72.8 Å². The van der Waals surface area contributed by atoms with Crippen molar-refractivity contribution in [1.29, 1.82) is 0 Å². The van der Waals surface area contributed by atoms with Crippen LogP contribution < -0.4 is 10.6 Å². The van der Waals surface area contributed by atoms with Crippen LogP contribution in [0.5, 0.6) is 0 Å². The Balaban J connectivity index is 2.36. The quantitative estimate of drug-likeness (QED) is 0.315. The van der Waals surface area contributed by atoms with Gasteiger partial charge in [0.25, 0.3) is 0 Å². The van der Waals surface area contributed by atoms with E-state index >= 15 is 0 Å². The molecule has 0 aliphatic rings. The van der Waals surface area contributed by atoms with Crippen LogP contribution in [0.25, 0.3) is 0 Å². The molecule has 2 aromatic carbocycles. The molecule has 0 aromatic heterocycles. The van der Waals surface area contributed by atoms with Gasteiger partial charge in [0.2, 0.25) is 14.7 Å². The second-order valence-electron chi connectivity index (χ2n) is 8.07. The summed E-state index contributed by atoms with van der Waals surface area (Å²) in [5, 5.41) is 0.476. The molecule has 0 saturated carbocycles. The van der Waals surface area contributed by atoms with Gasteiger partial charge in [0.05, 0.1) is 18.1 Å². The van der Waals surface area contributed by atoms with Crippen LogP contribution in [0.15, 0.2) is 72.8 Å². The number of carbonyl (C=O) groups is 1. The van der Waals surface area contributed by atoms with Crippen molar-refractivity contribution in [3.63, 3.8) is 0 Å². The number of esters is 1. The van der Waals surface area contributed by atoms with Crippen LogP contribution in [0, 0.1) is 0 Å². The summed E-state index contributed by atoms with van der Waals surface area (Å²) >= 11 is 0. The van der Waals surface area contributed by atoms with E-state index in [4.69, 9.17) is 4.74 Å². The lowest BCUT2D eigenvalue weighted by atomic mass is 10.1. The first-order valence-electron chi connectivity index (χ1n) is 9.68. The van der Waals surface area contributed by atoms with Gasteiger partial charge in [-0.25, -0.2) is 4.79 Å². The fourth-order valence-corrected chi connectivity index (χ4v) is 6.48. The lowest BCUT2D eigenvalue weighted by molar-refractivity contribution is -0.142. The zero-order valence-corrected chi connectivity index (χ0v) is 19.8. The topological polar surface area (TPSA) is 104 Å². The molecule has 2 aromatic rings. The van der Waals surface area contributed by atoms with E-state index in [1.54, 1.807) is 74.5 Å². The van der Waals surface area contributed by atoms with E-state index in [2.05, 4.69) is 6.58 Å². The highest BCUT2D eigenvalue weighted by atomic mass is 31.2. The maximum Gasteiger partial charge on any atom is 0.333 e. The van der Waals surface area contributed by atoms with Gasteiger partial charge in [-0.2, -0.15) is 0 Å². The van der Waals surface area contributed by atoms with E-state index in [0.29, 0.717) is 0 Å². The van der Waals surface area contributed by atoms with Crippen molar-refractivity contribution in [2.45, 2.75) is 26.3 Å². The van der Waals surface area contributed by atoms with Crippen LogP contribution in [0.4, 0.5) is 0 Å². The second kappa shape index (κ2) is 10.1. The first-order chi connectivity index (χ1) is 14.3. The predicted octanol–water partition coefficient (Wildman–Crippen LogP) is 3.29. The van der Waals surface area contributed by atoms with Crippen molar-refractivity contribution in [3.8, 4) is 0 Å². The third-order valence-electron chi connectivity index (χ3n) is 4.81. The number of carbonyl (C=O) groups excluding carboxylic acids is 1. The lowest BCUT2D eigenvalue weighted by Gasteiger charge is -2.39. The van der Waals surface area contributed by atoms with Gasteiger partial charge in [-0.15, -0.1) is 0 Å². The highest BCUT2D eigenvalue weighted by molar-refractivity contribution is 7.67. The molecule has 31 heavy (non-hydrogen) atoms. The molecule has 0 radical (unpaired) electrons. The summed E-state index contributed by atoms with van der Waals surface area (Å²) in [5.41, 5.74) is -0.789. The molecule has 0 amide bonds. The van der Waals surface area contributed by atoms with Crippen LogP contribution in [-0.4, -0.2) is 45.4 Å². The van der Waals surface area contributed by atoms with Gasteiger partial charge < -0.3 is 14.5 Å². The molecule has 2 atom stereocenters. The molecule has 0 heterocycles. The Morgan fingerprint density at radius 2 is 1.32 bits per heavy atom. The molecule has 7 nitrogen and oxygen atoms in total. The third kappa shape index (κ3) is 6.99. The predicted molar refractivity (Wildman–Crippen MR) is 123 cm³/mol. The largest absolute Gasteiger partial charge is 0.460 e. The van der Waals surface area contributed by atoms with Gasteiger partial charge in [0, 0.05) is 16.2 Å². The van der Waals surface area contributed by atoms with Crippen molar-refractivity contribution >= 4 is 31.3 Å². The highest BCUT2D eigenvalue weighted by Crippen LogP contribution is 2.47. The number of rotatable bonds is 10. The molecular formula is C22H29NO6P2. The smallest absolute Gasteiger partial charge is 0.333 e. The van der Waals surface area contributed by atoms with Gasteiger partial charge >= 0.3 is 5.97 Å². The highest BCUT2D eigenvalue weighted by Gasteiger charge is 2.39. The molecule has 168 valence electrons. The first kappa shape index (κ1) is 25.3. The zero-order valence-electron chi connectivity index (χ0n) is 18.0. The summed E-state index contributed by atoms with van der Waals surface area (Å²) in [6.45, 7) is 8.29. The van der Waals surface area contributed by atoms with Crippen LogP contribution in [0.3, 0.4) is 0 Å². The minimum Gasteiger partial charge on any atom is -0.460 e. The van der Waals surface area contributed by atoms with Crippen LogP contribution in [-0.2, 0) is 18.7 Å². The van der Waals surface area contributed by atoms with Crippen LogP contribution in [0.2, 0.25) is 0 Å². The maximum absolute atomic E-state index is 13.2. The molecule has 0 spiro atoms.